The van der Waals surface area contributed by atoms with Gasteiger partial charge in [-0.2, -0.15) is 0 Å². The summed E-state index contributed by atoms with van der Waals surface area (Å²) in [6.45, 7) is 0.0642. The molecule has 0 aliphatic heterocycles. The van der Waals surface area contributed by atoms with Gasteiger partial charge in [0.2, 0.25) is 0 Å². The zero-order valence-electron chi connectivity index (χ0n) is 10.6. The van der Waals surface area contributed by atoms with Crippen LogP contribution in [0.2, 0.25) is 5.02 Å². The maximum Gasteiger partial charge on any atom is 0.258 e. The van der Waals surface area contributed by atoms with E-state index in [4.69, 9.17) is 16.3 Å². The number of aliphatic hydroxyl groups is 1. The van der Waals surface area contributed by atoms with Crippen LogP contribution < -0.4 is 10.1 Å². The maximum absolute atomic E-state index is 11.8. The van der Waals surface area contributed by atoms with Crippen LogP contribution in [0.1, 0.15) is 19.3 Å². The van der Waals surface area contributed by atoms with Crippen LogP contribution >= 0.6 is 11.6 Å². The Balaban J connectivity index is 1.80. The maximum atomic E-state index is 11.8. The highest BCUT2D eigenvalue weighted by Crippen LogP contribution is 2.25. The highest BCUT2D eigenvalue weighted by Gasteiger charge is 2.27. The monoisotopic (exact) mass is 283 g/mol. The van der Waals surface area contributed by atoms with Gasteiger partial charge in [0.05, 0.1) is 5.02 Å². The predicted molar refractivity (Wildman–Crippen MR) is 73.3 cm³/mol. The quantitative estimate of drug-likeness (QED) is 0.869. The van der Waals surface area contributed by atoms with E-state index in [1.165, 1.54) is 0 Å². The third-order valence-electron chi connectivity index (χ3n) is 3.44. The van der Waals surface area contributed by atoms with Crippen molar-refractivity contribution in [2.75, 3.05) is 13.2 Å². The van der Waals surface area contributed by atoms with Crippen molar-refractivity contribution in [1.82, 2.24) is 5.32 Å². The van der Waals surface area contributed by atoms with E-state index in [-0.39, 0.29) is 31.1 Å². The smallest absolute Gasteiger partial charge is 0.258 e. The number of aliphatic hydroxyl groups excluding tert-OH is 1. The molecule has 4 nitrogen and oxygen atoms in total. The molecular weight excluding hydrogens is 266 g/mol. The van der Waals surface area contributed by atoms with Crippen molar-refractivity contribution in [3.8, 4) is 5.75 Å². The zero-order chi connectivity index (χ0) is 13.7. The van der Waals surface area contributed by atoms with E-state index in [0.29, 0.717) is 10.8 Å². The normalized spacial score (nSPS) is 22.2. The Kier molecular flexibility index (Phi) is 5.05. The van der Waals surface area contributed by atoms with Crippen molar-refractivity contribution in [2.24, 2.45) is 5.92 Å². The SMILES string of the molecule is O=C(COc1ccccc1Cl)NC1CCCC1CO. The van der Waals surface area contributed by atoms with E-state index in [9.17, 15) is 9.90 Å². The minimum atomic E-state index is -0.176. The van der Waals surface area contributed by atoms with Crippen LogP contribution in [0.4, 0.5) is 0 Å². The second kappa shape index (κ2) is 6.78. The Morgan fingerprint density at radius 2 is 2.21 bits per heavy atom. The molecule has 2 atom stereocenters. The van der Waals surface area contributed by atoms with Crippen LogP contribution in [0.25, 0.3) is 0 Å². The van der Waals surface area contributed by atoms with Gasteiger partial charge in [-0.1, -0.05) is 30.2 Å². The Morgan fingerprint density at radius 1 is 1.42 bits per heavy atom. The number of rotatable bonds is 5. The number of ether oxygens (including phenoxy) is 1. The van der Waals surface area contributed by atoms with Crippen molar-refractivity contribution in [1.29, 1.82) is 0 Å². The molecule has 19 heavy (non-hydrogen) atoms. The van der Waals surface area contributed by atoms with E-state index < -0.39 is 0 Å². The lowest BCUT2D eigenvalue weighted by molar-refractivity contribution is -0.124. The first-order valence-electron chi connectivity index (χ1n) is 6.48. The molecule has 1 saturated carbocycles. The van der Waals surface area contributed by atoms with Crippen LogP contribution in [0, 0.1) is 5.92 Å². The lowest BCUT2D eigenvalue weighted by Crippen LogP contribution is -2.40. The van der Waals surface area contributed by atoms with E-state index in [1.807, 2.05) is 0 Å². The van der Waals surface area contributed by atoms with E-state index in [1.54, 1.807) is 24.3 Å². The van der Waals surface area contributed by atoms with Gasteiger partial charge in [0.15, 0.2) is 6.61 Å². The number of carbonyl (C=O) groups excluding carboxylic acids is 1. The summed E-state index contributed by atoms with van der Waals surface area (Å²) in [6, 6.07) is 7.11. The fourth-order valence-electron chi connectivity index (χ4n) is 2.40. The topological polar surface area (TPSA) is 58.6 Å². The average Bonchev–Trinajstić information content (AvgIpc) is 2.85. The summed E-state index contributed by atoms with van der Waals surface area (Å²) in [5, 5.41) is 12.6. The summed E-state index contributed by atoms with van der Waals surface area (Å²) in [6.07, 6.45) is 2.93. The average molecular weight is 284 g/mol. The highest BCUT2D eigenvalue weighted by molar-refractivity contribution is 6.32. The summed E-state index contributed by atoms with van der Waals surface area (Å²) >= 11 is 5.93. The lowest BCUT2D eigenvalue weighted by atomic mass is 10.1. The van der Waals surface area contributed by atoms with Gasteiger partial charge in [-0.05, 0) is 25.0 Å². The Hall–Kier alpha value is -1.26. The van der Waals surface area contributed by atoms with Gasteiger partial charge < -0.3 is 15.2 Å². The standard InChI is InChI=1S/C14H18ClNO3/c15-11-5-1-2-7-13(11)19-9-14(18)16-12-6-3-4-10(12)8-17/h1-2,5,7,10,12,17H,3-4,6,8-9H2,(H,16,18). The first-order valence-corrected chi connectivity index (χ1v) is 6.86. The van der Waals surface area contributed by atoms with Crippen LogP contribution in [0.3, 0.4) is 0 Å². The summed E-state index contributed by atoms with van der Waals surface area (Å²) in [5.41, 5.74) is 0. The molecule has 0 heterocycles. The molecule has 2 N–H and O–H groups in total. The van der Waals surface area contributed by atoms with Crippen LogP contribution in [0.5, 0.6) is 5.75 Å². The zero-order valence-corrected chi connectivity index (χ0v) is 11.4. The minimum Gasteiger partial charge on any atom is -0.482 e. The van der Waals surface area contributed by atoms with Gasteiger partial charge >= 0.3 is 0 Å². The largest absolute Gasteiger partial charge is 0.482 e. The number of hydrogen-bond donors (Lipinski definition) is 2. The molecule has 5 heteroatoms. The Bertz CT molecular complexity index is 438. The lowest BCUT2D eigenvalue weighted by Gasteiger charge is -2.19. The minimum absolute atomic E-state index is 0.0572. The summed E-state index contributed by atoms with van der Waals surface area (Å²) in [4.78, 5) is 11.8. The number of nitrogens with one attached hydrogen (secondary N) is 1. The molecule has 2 rings (SSSR count). The highest BCUT2D eigenvalue weighted by atomic mass is 35.5. The number of benzene rings is 1. The number of amides is 1. The van der Waals surface area contributed by atoms with E-state index in [0.717, 1.165) is 19.3 Å². The molecule has 0 saturated heterocycles. The van der Waals surface area contributed by atoms with E-state index >= 15 is 0 Å². The second-order valence-electron chi connectivity index (χ2n) is 4.77. The van der Waals surface area contributed by atoms with Gasteiger partial charge in [0.1, 0.15) is 5.75 Å². The fourth-order valence-corrected chi connectivity index (χ4v) is 2.59. The molecule has 1 amide bonds. The van der Waals surface area contributed by atoms with Crippen LogP contribution in [0.15, 0.2) is 24.3 Å². The number of carbonyl (C=O) groups is 1. The summed E-state index contributed by atoms with van der Waals surface area (Å²) in [7, 11) is 0. The molecule has 1 aromatic rings. The molecular formula is C14H18ClNO3. The van der Waals surface area contributed by atoms with Crippen LogP contribution in [-0.2, 0) is 4.79 Å². The molecule has 2 unspecified atom stereocenters. The van der Waals surface area contributed by atoms with Crippen molar-refractivity contribution in [2.45, 2.75) is 25.3 Å². The first kappa shape index (κ1) is 14.2. The number of hydrogen-bond acceptors (Lipinski definition) is 3. The number of halogens is 1. The second-order valence-corrected chi connectivity index (χ2v) is 5.17. The molecule has 0 bridgehead atoms. The Morgan fingerprint density at radius 3 is 2.95 bits per heavy atom. The van der Waals surface area contributed by atoms with E-state index in [2.05, 4.69) is 5.32 Å². The van der Waals surface area contributed by atoms with Gasteiger partial charge in [0, 0.05) is 18.6 Å². The number of para-hydroxylation sites is 1. The van der Waals surface area contributed by atoms with Crippen molar-refractivity contribution >= 4 is 17.5 Å². The fraction of sp³-hybridized carbons (Fsp3) is 0.500. The van der Waals surface area contributed by atoms with Gasteiger partial charge in [-0.15, -0.1) is 0 Å². The molecule has 0 radical (unpaired) electrons. The molecule has 1 aromatic carbocycles. The Labute approximate surface area is 117 Å². The molecule has 1 aliphatic carbocycles. The third-order valence-corrected chi connectivity index (χ3v) is 3.75. The third kappa shape index (κ3) is 3.85. The first-order chi connectivity index (χ1) is 9.20. The van der Waals surface area contributed by atoms with Gasteiger partial charge in [-0.3, -0.25) is 4.79 Å². The van der Waals surface area contributed by atoms with Crippen molar-refractivity contribution in [3.63, 3.8) is 0 Å². The van der Waals surface area contributed by atoms with Crippen LogP contribution in [-0.4, -0.2) is 30.3 Å². The summed E-state index contributed by atoms with van der Waals surface area (Å²) < 4.78 is 5.37. The van der Waals surface area contributed by atoms with Crippen molar-refractivity contribution < 1.29 is 14.6 Å². The molecule has 1 fully saturated rings. The molecule has 1 aliphatic rings. The molecule has 0 spiro atoms. The van der Waals surface area contributed by atoms with Crippen molar-refractivity contribution in [3.05, 3.63) is 29.3 Å². The molecule has 0 aromatic heterocycles. The van der Waals surface area contributed by atoms with Gasteiger partial charge in [0.25, 0.3) is 5.91 Å². The van der Waals surface area contributed by atoms with Gasteiger partial charge in [-0.25, -0.2) is 0 Å². The summed E-state index contributed by atoms with van der Waals surface area (Å²) in [5.74, 6) is 0.499. The molecule has 104 valence electrons. The predicted octanol–water partition coefficient (Wildman–Crippen LogP) is 2.00.